The number of esters is 1. The zero-order valence-electron chi connectivity index (χ0n) is 17.4. The van der Waals surface area contributed by atoms with E-state index in [-0.39, 0.29) is 18.7 Å². The molecule has 0 saturated carbocycles. The van der Waals surface area contributed by atoms with Gasteiger partial charge in [0.1, 0.15) is 19.0 Å². The highest BCUT2D eigenvalue weighted by molar-refractivity contribution is 5.95. The summed E-state index contributed by atoms with van der Waals surface area (Å²) in [4.78, 5) is 24.9. The Morgan fingerprint density at radius 2 is 1.90 bits per heavy atom. The van der Waals surface area contributed by atoms with E-state index in [1.807, 2.05) is 54.6 Å². The number of benzene rings is 2. The Hall–Kier alpha value is -3.32. The molecule has 31 heavy (non-hydrogen) atoms. The van der Waals surface area contributed by atoms with E-state index in [0.29, 0.717) is 30.2 Å². The van der Waals surface area contributed by atoms with Crippen LogP contribution in [0.1, 0.15) is 36.9 Å². The predicted octanol–water partition coefficient (Wildman–Crippen LogP) is 3.62. The van der Waals surface area contributed by atoms with Crippen molar-refractivity contribution in [2.24, 2.45) is 0 Å². The van der Waals surface area contributed by atoms with Gasteiger partial charge in [0.15, 0.2) is 0 Å². The number of nitrogens with one attached hydrogen (secondary N) is 2. The van der Waals surface area contributed by atoms with Crippen LogP contribution in [-0.2, 0) is 20.9 Å². The van der Waals surface area contributed by atoms with E-state index in [0.717, 1.165) is 24.0 Å². The van der Waals surface area contributed by atoms with Crippen LogP contribution in [-0.4, -0.2) is 31.3 Å². The van der Waals surface area contributed by atoms with Gasteiger partial charge in [0.25, 0.3) is 0 Å². The summed E-state index contributed by atoms with van der Waals surface area (Å²) in [5.41, 5.74) is 2.71. The van der Waals surface area contributed by atoms with Crippen molar-refractivity contribution in [3.8, 4) is 5.75 Å². The number of rotatable bonds is 7. The van der Waals surface area contributed by atoms with E-state index in [1.54, 1.807) is 6.92 Å². The predicted molar refractivity (Wildman–Crippen MR) is 114 cm³/mol. The Kier molecular flexibility index (Phi) is 6.52. The van der Waals surface area contributed by atoms with Crippen molar-refractivity contribution < 1.29 is 23.8 Å². The molecule has 1 fully saturated rings. The molecule has 162 valence electrons. The van der Waals surface area contributed by atoms with Gasteiger partial charge < -0.3 is 24.8 Å². The highest BCUT2D eigenvalue weighted by Gasteiger charge is 2.32. The number of carbonyl (C=O) groups is 2. The second-order valence-corrected chi connectivity index (χ2v) is 7.65. The van der Waals surface area contributed by atoms with Crippen LogP contribution in [0.5, 0.6) is 5.75 Å². The summed E-state index contributed by atoms with van der Waals surface area (Å²) >= 11 is 0. The van der Waals surface area contributed by atoms with Gasteiger partial charge in [-0.2, -0.15) is 0 Å². The van der Waals surface area contributed by atoms with E-state index in [1.165, 1.54) is 0 Å². The first-order valence-corrected chi connectivity index (χ1v) is 10.4. The molecule has 2 amide bonds. The van der Waals surface area contributed by atoms with Crippen LogP contribution in [0.25, 0.3) is 0 Å². The van der Waals surface area contributed by atoms with Crippen molar-refractivity contribution in [2.45, 2.75) is 38.5 Å². The van der Waals surface area contributed by atoms with Gasteiger partial charge in [-0.05, 0) is 43.0 Å². The van der Waals surface area contributed by atoms with Crippen LogP contribution in [0.15, 0.2) is 65.9 Å². The number of hydrogen-bond acceptors (Lipinski definition) is 5. The van der Waals surface area contributed by atoms with Crippen LogP contribution >= 0.6 is 0 Å². The molecule has 2 aromatic carbocycles. The molecule has 2 aliphatic rings. The first-order valence-electron chi connectivity index (χ1n) is 10.4. The third-order valence-electron chi connectivity index (χ3n) is 5.38. The van der Waals surface area contributed by atoms with Crippen LogP contribution in [0.2, 0.25) is 0 Å². The highest BCUT2D eigenvalue weighted by Crippen LogP contribution is 2.29. The molecule has 0 bridgehead atoms. The second-order valence-electron chi connectivity index (χ2n) is 7.65. The largest absolute Gasteiger partial charge is 0.489 e. The van der Waals surface area contributed by atoms with Gasteiger partial charge in [-0.25, -0.2) is 9.59 Å². The second kappa shape index (κ2) is 9.66. The first kappa shape index (κ1) is 20.9. The zero-order chi connectivity index (χ0) is 21.6. The van der Waals surface area contributed by atoms with Gasteiger partial charge in [-0.3, -0.25) is 0 Å². The lowest BCUT2D eigenvalue weighted by molar-refractivity contribution is -0.142. The Balaban J connectivity index is 1.45. The first-order chi connectivity index (χ1) is 15.1. The maximum absolute atomic E-state index is 12.8. The van der Waals surface area contributed by atoms with E-state index in [9.17, 15) is 9.59 Å². The summed E-state index contributed by atoms with van der Waals surface area (Å²) in [6.07, 6.45) is 1.80. The molecular weight excluding hydrogens is 396 g/mol. The summed E-state index contributed by atoms with van der Waals surface area (Å²) in [5, 5.41) is 5.48. The molecule has 0 aliphatic carbocycles. The van der Waals surface area contributed by atoms with Crippen molar-refractivity contribution in [1.29, 1.82) is 0 Å². The Morgan fingerprint density at radius 3 is 2.61 bits per heavy atom. The lowest BCUT2D eigenvalue weighted by Crippen LogP contribution is -2.45. The maximum atomic E-state index is 12.8. The Bertz CT molecular complexity index is 950. The molecule has 0 radical (unpaired) electrons. The number of allylic oxidation sites excluding steroid dienone is 1. The monoisotopic (exact) mass is 422 g/mol. The van der Waals surface area contributed by atoms with Crippen LogP contribution < -0.4 is 15.4 Å². The fourth-order valence-electron chi connectivity index (χ4n) is 3.73. The Labute approximate surface area is 181 Å². The molecule has 2 aromatic rings. The van der Waals surface area contributed by atoms with E-state index < -0.39 is 12.0 Å². The molecule has 2 atom stereocenters. The minimum absolute atomic E-state index is 0.0597. The molecule has 7 heteroatoms. The van der Waals surface area contributed by atoms with Gasteiger partial charge in [-0.15, -0.1) is 0 Å². The Morgan fingerprint density at radius 1 is 1.13 bits per heavy atom. The number of hydrogen-bond donors (Lipinski definition) is 2. The fourth-order valence-corrected chi connectivity index (χ4v) is 3.73. The SMILES string of the molecule is CC1=C(C(=O)OC[C@@H]2CCCO2)[C@H](c2ccc(OCc3ccccc3)cc2)NC(=O)N1. The molecule has 1 saturated heterocycles. The molecule has 7 nitrogen and oxygen atoms in total. The number of amides is 2. The van der Waals surface area contributed by atoms with E-state index in [2.05, 4.69) is 10.6 Å². The average molecular weight is 422 g/mol. The molecule has 0 spiro atoms. The topological polar surface area (TPSA) is 85.9 Å². The van der Waals surface area contributed by atoms with Gasteiger partial charge in [0.2, 0.25) is 0 Å². The third-order valence-corrected chi connectivity index (χ3v) is 5.38. The van der Waals surface area contributed by atoms with E-state index >= 15 is 0 Å². The van der Waals surface area contributed by atoms with Gasteiger partial charge in [0, 0.05) is 12.3 Å². The summed E-state index contributed by atoms with van der Waals surface area (Å²) in [6.45, 7) is 3.07. The zero-order valence-corrected chi connectivity index (χ0v) is 17.4. The molecule has 2 N–H and O–H groups in total. The molecule has 4 rings (SSSR count). The molecule has 2 aliphatic heterocycles. The van der Waals surface area contributed by atoms with Crippen molar-refractivity contribution in [2.75, 3.05) is 13.2 Å². The van der Waals surface area contributed by atoms with Crippen LogP contribution in [0, 0.1) is 0 Å². The molecular formula is C24H26N2O5. The van der Waals surface area contributed by atoms with Crippen molar-refractivity contribution in [1.82, 2.24) is 10.6 Å². The van der Waals surface area contributed by atoms with Crippen molar-refractivity contribution in [3.05, 3.63) is 77.0 Å². The summed E-state index contributed by atoms with van der Waals surface area (Å²) < 4.78 is 16.8. The van der Waals surface area contributed by atoms with Crippen LogP contribution in [0.3, 0.4) is 0 Å². The fraction of sp³-hybridized carbons (Fsp3) is 0.333. The summed E-state index contributed by atoms with van der Waals surface area (Å²) in [5.74, 6) is 0.242. The summed E-state index contributed by atoms with van der Waals surface area (Å²) in [7, 11) is 0. The highest BCUT2D eigenvalue weighted by atomic mass is 16.6. The number of urea groups is 1. The average Bonchev–Trinajstić information content (AvgIpc) is 3.30. The standard InChI is InChI=1S/C24H26N2O5/c1-16-21(23(27)31-15-20-8-5-13-29-20)22(26-24(28)25-16)18-9-11-19(12-10-18)30-14-17-6-3-2-4-7-17/h2-4,6-7,9-12,20,22H,5,8,13-15H2,1H3,(H2,25,26,28)/t20-,22-/m0/s1. The quantitative estimate of drug-likeness (QED) is 0.666. The van der Waals surface area contributed by atoms with Crippen molar-refractivity contribution >= 4 is 12.0 Å². The maximum Gasteiger partial charge on any atom is 0.338 e. The van der Waals surface area contributed by atoms with Crippen molar-refractivity contribution in [3.63, 3.8) is 0 Å². The number of ether oxygens (including phenoxy) is 3. The van der Waals surface area contributed by atoms with Gasteiger partial charge in [-0.1, -0.05) is 42.5 Å². The molecule has 0 aromatic heterocycles. The lowest BCUT2D eigenvalue weighted by Gasteiger charge is -2.28. The lowest BCUT2D eigenvalue weighted by atomic mass is 9.95. The third kappa shape index (κ3) is 5.24. The normalized spacial score (nSPS) is 20.7. The summed E-state index contributed by atoms with van der Waals surface area (Å²) in [6, 6.07) is 16.3. The van der Waals surface area contributed by atoms with Crippen LogP contribution in [0.4, 0.5) is 4.79 Å². The molecule has 0 unspecified atom stereocenters. The smallest absolute Gasteiger partial charge is 0.338 e. The van der Waals surface area contributed by atoms with Gasteiger partial charge in [0.05, 0.1) is 17.7 Å². The number of carbonyl (C=O) groups excluding carboxylic acids is 2. The minimum Gasteiger partial charge on any atom is -0.489 e. The van der Waals surface area contributed by atoms with E-state index in [4.69, 9.17) is 14.2 Å². The minimum atomic E-state index is -0.603. The van der Waals surface area contributed by atoms with Gasteiger partial charge >= 0.3 is 12.0 Å². The molecule has 2 heterocycles.